The van der Waals surface area contributed by atoms with E-state index in [4.69, 9.17) is 4.98 Å². The number of fused-ring (bicyclic) bond motifs is 1. The lowest BCUT2D eigenvalue weighted by molar-refractivity contribution is 0.968. The monoisotopic (exact) mass is 306 g/mol. The van der Waals surface area contributed by atoms with Crippen LogP contribution in [0.15, 0.2) is 22.7 Å². The highest BCUT2D eigenvalue weighted by Crippen LogP contribution is 2.27. The summed E-state index contributed by atoms with van der Waals surface area (Å²) in [4.78, 5) is 4.79. The zero-order valence-electron chi connectivity index (χ0n) is 11.2. The van der Waals surface area contributed by atoms with Crippen LogP contribution >= 0.6 is 15.9 Å². The highest BCUT2D eigenvalue weighted by Gasteiger charge is 2.07. The lowest BCUT2D eigenvalue weighted by Crippen LogP contribution is -2.04. The Bertz CT molecular complexity index is 564. The van der Waals surface area contributed by atoms with Crippen molar-refractivity contribution in [3.8, 4) is 0 Å². The number of aryl methyl sites for hydroxylation is 2. The second-order valence-electron chi connectivity index (χ2n) is 4.57. The number of pyridine rings is 1. The normalized spacial score (nSPS) is 10.9. The van der Waals surface area contributed by atoms with Gasteiger partial charge in [-0.3, -0.25) is 0 Å². The first-order valence-electron chi connectivity index (χ1n) is 6.49. The molecule has 3 heteroatoms. The third-order valence-electron chi connectivity index (χ3n) is 3.08. The van der Waals surface area contributed by atoms with Crippen LogP contribution in [0.4, 0.5) is 5.82 Å². The van der Waals surface area contributed by atoms with E-state index in [2.05, 4.69) is 60.2 Å². The van der Waals surface area contributed by atoms with Gasteiger partial charge in [-0.1, -0.05) is 29.8 Å². The van der Waals surface area contributed by atoms with Crippen LogP contribution in [0.25, 0.3) is 10.9 Å². The van der Waals surface area contributed by atoms with Crippen molar-refractivity contribution in [1.82, 2.24) is 4.98 Å². The van der Waals surface area contributed by atoms with Crippen molar-refractivity contribution in [3.05, 3.63) is 33.8 Å². The number of nitrogens with one attached hydrogen (secondary N) is 1. The van der Waals surface area contributed by atoms with E-state index in [1.165, 1.54) is 16.5 Å². The minimum atomic E-state index is 0.970. The molecule has 2 aromatic rings. The van der Waals surface area contributed by atoms with Gasteiger partial charge in [0.15, 0.2) is 0 Å². The van der Waals surface area contributed by atoms with Crippen LogP contribution in [0, 0.1) is 6.92 Å². The molecule has 2 nitrogen and oxygen atoms in total. The average molecular weight is 307 g/mol. The first-order chi connectivity index (χ1) is 8.65. The van der Waals surface area contributed by atoms with E-state index < -0.39 is 0 Å². The van der Waals surface area contributed by atoms with E-state index in [1.54, 1.807) is 0 Å². The maximum absolute atomic E-state index is 4.79. The number of anilines is 1. The first-order valence-corrected chi connectivity index (χ1v) is 7.28. The number of benzene rings is 1. The van der Waals surface area contributed by atoms with Gasteiger partial charge < -0.3 is 5.32 Å². The molecule has 96 valence electrons. The molecule has 0 saturated heterocycles. The maximum Gasteiger partial charge on any atom is 0.129 e. The van der Waals surface area contributed by atoms with Crippen molar-refractivity contribution < 1.29 is 0 Å². The van der Waals surface area contributed by atoms with Crippen LogP contribution in [0.1, 0.15) is 31.4 Å². The SMILES string of the molecule is CCCNc1nc2c(CC)cc(Br)cc2cc1C. The van der Waals surface area contributed by atoms with Gasteiger partial charge in [0.1, 0.15) is 5.82 Å². The lowest BCUT2D eigenvalue weighted by atomic mass is 10.1. The first kappa shape index (κ1) is 13.3. The van der Waals surface area contributed by atoms with Crippen molar-refractivity contribution >= 4 is 32.7 Å². The molecule has 0 aliphatic rings. The summed E-state index contributed by atoms with van der Waals surface area (Å²) in [6.45, 7) is 7.41. The molecule has 1 aromatic carbocycles. The smallest absolute Gasteiger partial charge is 0.129 e. The molecule has 1 heterocycles. The second-order valence-corrected chi connectivity index (χ2v) is 5.49. The van der Waals surface area contributed by atoms with Gasteiger partial charge in [-0.2, -0.15) is 0 Å². The van der Waals surface area contributed by atoms with Crippen LogP contribution in [-0.4, -0.2) is 11.5 Å². The van der Waals surface area contributed by atoms with Gasteiger partial charge >= 0.3 is 0 Å². The Balaban J connectivity index is 2.57. The van der Waals surface area contributed by atoms with Gasteiger partial charge in [-0.25, -0.2) is 4.98 Å². The zero-order valence-corrected chi connectivity index (χ0v) is 12.8. The number of rotatable bonds is 4. The Morgan fingerprint density at radius 1 is 1.22 bits per heavy atom. The maximum atomic E-state index is 4.79. The van der Waals surface area contributed by atoms with Crippen molar-refractivity contribution in [2.75, 3.05) is 11.9 Å². The van der Waals surface area contributed by atoms with E-state index in [9.17, 15) is 0 Å². The lowest BCUT2D eigenvalue weighted by Gasteiger charge is -2.11. The van der Waals surface area contributed by atoms with Crippen LogP contribution in [0.3, 0.4) is 0 Å². The minimum Gasteiger partial charge on any atom is -0.370 e. The number of hydrogen-bond donors (Lipinski definition) is 1. The molecule has 1 aromatic heterocycles. The van der Waals surface area contributed by atoms with E-state index in [0.29, 0.717) is 0 Å². The number of aromatic nitrogens is 1. The molecule has 0 aliphatic heterocycles. The predicted molar refractivity (Wildman–Crippen MR) is 82.3 cm³/mol. The Morgan fingerprint density at radius 2 is 2.00 bits per heavy atom. The fourth-order valence-electron chi connectivity index (χ4n) is 2.12. The number of nitrogens with zero attached hydrogens (tertiary/aromatic N) is 1. The molecular weight excluding hydrogens is 288 g/mol. The topological polar surface area (TPSA) is 24.9 Å². The molecule has 0 spiro atoms. The van der Waals surface area contributed by atoms with Gasteiger partial charge in [0.25, 0.3) is 0 Å². The quantitative estimate of drug-likeness (QED) is 0.886. The summed E-state index contributed by atoms with van der Waals surface area (Å²) in [5.41, 5.74) is 3.61. The fourth-order valence-corrected chi connectivity index (χ4v) is 2.64. The van der Waals surface area contributed by atoms with E-state index in [-0.39, 0.29) is 0 Å². The Morgan fingerprint density at radius 3 is 2.67 bits per heavy atom. The third kappa shape index (κ3) is 2.66. The standard InChI is InChI=1S/C15H19BrN2/c1-4-6-17-15-10(3)7-12-9-13(16)8-11(5-2)14(12)18-15/h7-9H,4-6H2,1-3H3,(H,17,18). The summed E-state index contributed by atoms with van der Waals surface area (Å²) in [6, 6.07) is 6.51. The summed E-state index contributed by atoms with van der Waals surface area (Å²) in [6.07, 6.45) is 2.11. The second kappa shape index (κ2) is 5.70. The summed E-state index contributed by atoms with van der Waals surface area (Å²) < 4.78 is 1.13. The molecule has 0 fully saturated rings. The molecule has 0 saturated carbocycles. The zero-order chi connectivity index (χ0) is 13.1. The van der Waals surface area contributed by atoms with Crippen molar-refractivity contribution in [3.63, 3.8) is 0 Å². The van der Waals surface area contributed by atoms with Crippen LogP contribution in [0.2, 0.25) is 0 Å². The third-order valence-corrected chi connectivity index (χ3v) is 3.53. The van der Waals surface area contributed by atoms with E-state index in [1.807, 2.05) is 0 Å². The molecule has 0 bridgehead atoms. The summed E-state index contributed by atoms with van der Waals surface area (Å²) in [5, 5.41) is 4.61. The molecule has 0 aliphatic carbocycles. The summed E-state index contributed by atoms with van der Waals surface area (Å²) in [5.74, 6) is 1.02. The van der Waals surface area contributed by atoms with Crippen molar-refractivity contribution in [1.29, 1.82) is 0 Å². The largest absolute Gasteiger partial charge is 0.370 e. The Kier molecular flexibility index (Phi) is 4.23. The number of halogens is 1. The van der Waals surface area contributed by atoms with E-state index >= 15 is 0 Å². The molecule has 0 radical (unpaired) electrons. The molecule has 18 heavy (non-hydrogen) atoms. The molecule has 0 atom stereocenters. The van der Waals surface area contributed by atoms with Gasteiger partial charge in [-0.15, -0.1) is 0 Å². The fraction of sp³-hybridized carbons (Fsp3) is 0.400. The van der Waals surface area contributed by atoms with Gasteiger partial charge in [-0.05, 0) is 49.1 Å². The Labute approximate surface area is 117 Å². The van der Waals surface area contributed by atoms with Crippen LogP contribution in [-0.2, 0) is 6.42 Å². The van der Waals surface area contributed by atoms with Crippen molar-refractivity contribution in [2.45, 2.75) is 33.6 Å². The Hall–Kier alpha value is -1.09. The molecule has 0 amide bonds. The van der Waals surface area contributed by atoms with Crippen molar-refractivity contribution in [2.24, 2.45) is 0 Å². The molecule has 0 unspecified atom stereocenters. The van der Waals surface area contributed by atoms with Gasteiger partial charge in [0, 0.05) is 16.4 Å². The van der Waals surface area contributed by atoms with Crippen LogP contribution in [0.5, 0.6) is 0 Å². The minimum absolute atomic E-state index is 0.970. The van der Waals surface area contributed by atoms with Gasteiger partial charge in [0.2, 0.25) is 0 Å². The summed E-state index contributed by atoms with van der Waals surface area (Å²) >= 11 is 3.57. The molecular formula is C15H19BrN2. The summed E-state index contributed by atoms with van der Waals surface area (Å²) in [7, 11) is 0. The highest BCUT2D eigenvalue weighted by molar-refractivity contribution is 9.10. The molecule has 2 rings (SSSR count). The molecule has 1 N–H and O–H groups in total. The average Bonchev–Trinajstić information content (AvgIpc) is 2.35. The van der Waals surface area contributed by atoms with E-state index in [0.717, 1.165) is 35.2 Å². The van der Waals surface area contributed by atoms with Crippen LogP contribution < -0.4 is 5.32 Å². The van der Waals surface area contributed by atoms with Gasteiger partial charge in [0.05, 0.1) is 5.52 Å². The number of hydrogen-bond acceptors (Lipinski definition) is 2. The highest BCUT2D eigenvalue weighted by atomic mass is 79.9. The predicted octanol–water partition coefficient (Wildman–Crippen LogP) is 4.69.